The van der Waals surface area contributed by atoms with Gasteiger partial charge in [-0.3, -0.25) is 14.7 Å². The molecule has 2 saturated heterocycles. The number of aliphatic hydroxyl groups is 1. The van der Waals surface area contributed by atoms with Crippen molar-refractivity contribution in [1.82, 2.24) is 15.0 Å². The van der Waals surface area contributed by atoms with Gasteiger partial charge < -0.3 is 24.8 Å². The Morgan fingerprint density at radius 3 is 2.62 bits per heavy atom. The van der Waals surface area contributed by atoms with Crippen LogP contribution < -0.4 is 15.1 Å². The van der Waals surface area contributed by atoms with Crippen molar-refractivity contribution in [2.75, 3.05) is 48.0 Å². The van der Waals surface area contributed by atoms with Crippen LogP contribution in [0.4, 0.5) is 30.6 Å². The van der Waals surface area contributed by atoms with E-state index in [2.05, 4.69) is 10.3 Å². The van der Waals surface area contributed by atoms with E-state index in [-0.39, 0.29) is 23.2 Å². The van der Waals surface area contributed by atoms with E-state index < -0.39 is 24.1 Å². The highest BCUT2D eigenvalue weighted by molar-refractivity contribution is 6.04. The van der Waals surface area contributed by atoms with Gasteiger partial charge in [-0.1, -0.05) is 6.07 Å². The molecule has 13 heteroatoms. The number of rotatable bonds is 5. The maximum absolute atomic E-state index is 13.1. The van der Waals surface area contributed by atoms with Crippen LogP contribution in [0, 0.1) is 6.92 Å². The van der Waals surface area contributed by atoms with Gasteiger partial charge in [-0.2, -0.15) is 18.2 Å². The fraction of sp³-hybridized carbons (Fsp3) is 0.385. The predicted molar refractivity (Wildman–Crippen MR) is 136 cm³/mol. The molecule has 1 unspecified atom stereocenters. The van der Waals surface area contributed by atoms with Gasteiger partial charge in [0, 0.05) is 36.0 Å². The van der Waals surface area contributed by atoms with Crippen LogP contribution in [0.1, 0.15) is 28.5 Å². The molecule has 39 heavy (non-hydrogen) atoms. The van der Waals surface area contributed by atoms with Crippen LogP contribution in [0.25, 0.3) is 11.3 Å². The van der Waals surface area contributed by atoms with E-state index in [0.29, 0.717) is 55.7 Å². The molecule has 2 aliphatic heterocycles. The largest absolute Gasteiger partial charge is 0.416 e. The van der Waals surface area contributed by atoms with Crippen LogP contribution in [0.15, 0.2) is 42.6 Å². The molecule has 10 nitrogen and oxygen atoms in total. The lowest BCUT2D eigenvalue weighted by Crippen LogP contribution is -2.39. The number of nitrogens with one attached hydrogen (secondary N) is 1. The summed E-state index contributed by atoms with van der Waals surface area (Å²) in [7, 11) is 0. The van der Waals surface area contributed by atoms with E-state index in [1.807, 2.05) is 11.8 Å². The number of carbonyl (C=O) groups excluding carboxylic acids is 1. The molecule has 0 bridgehead atoms. The normalized spacial score (nSPS) is 19.8. The summed E-state index contributed by atoms with van der Waals surface area (Å²) in [6.07, 6.45) is -4.34. The lowest BCUT2D eigenvalue weighted by atomic mass is 10.1. The first-order valence-electron chi connectivity index (χ1n) is 12.4. The maximum atomic E-state index is 13.1. The third kappa shape index (κ3) is 5.79. The van der Waals surface area contributed by atoms with Gasteiger partial charge in [0.2, 0.25) is 12.4 Å². The Hall–Kier alpha value is -3.81. The zero-order chi connectivity index (χ0) is 27.7. The summed E-state index contributed by atoms with van der Waals surface area (Å²) in [5.74, 6) is 0.188. The zero-order valence-corrected chi connectivity index (χ0v) is 21.3. The molecule has 0 saturated carbocycles. The van der Waals surface area contributed by atoms with Crippen LogP contribution in [0.3, 0.4) is 0 Å². The monoisotopic (exact) mass is 544 g/mol. The first-order chi connectivity index (χ1) is 18.6. The summed E-state index contributed by atoms with van der Waals surface area (Å²) in [5, 5.41) is 13.0. The van der Waals surface area contributed by atoms with Gasteiger partial charge in [-0.25, -0.2) is 4.98 Å². The summed E-state index contributed by atoms with van der Waals surface area (Å²) in [5.41, 5.74) is 0.914. The molecule has 1 amide bonds. The summed E-state index contributed by atoms with van der Waals surface area (Å²) >= 11 is 0. The van der Waals surface area contributed by atoms with E-state index in [0.717, 1.165) is 12.1 Å². The number of pyridine rings is 1. The molecule has 0 radical (unpaired) electrons. The summed E-state index contributed by atoms with van der Waals surface area (Å²) in [4.78, 5) is 30.2. The first kappa shape index (κ1) is 26.8. The van der Waals surface area contributed by atoms with Crippen molar-refractivity contribution >= 4 is 23.4 Å². The molecule has 5 rings (SSSR count). The Labute approximate surface area is 222 Å². The number of morpholine rings is 1. The Kier molecular flexibility index (Phi) is 7.38. The number of aromatic nitrogens is 3. The van der Waals surface area contributed by atoms with E-state index in [9.17, 15) is 23.1 Å². The molecule has 2 fully saturated rings. The number of aryl methyl sites for hydroxylation is 1. The van der Waals surface area contributed by atoms with Gasteiger partial charge in [0.15, 0.2) is 0 Å². The number of hydrogen-bond donors (Lipinski definition) is 2. The van der Waals surface area contributed by atoms with Crippen LogP contribution in [0.2, 0.25) is 0 Å². The fourth-order valence-electron chi connectivity index (χ4n) is 4.43. The molecule has 0 spiro atoms. The highest BCUT2D eigenvalue weighted by Gasteiger charge is 2.33. The summed E-state index contributed by atoms with van der Waals surface area (Å²) in [6, 6.07) is 7.48. The predicted octanol–water partition coefficient (Wildman–Crippen LogP) is 3.46. The van der Waals surface area contributed by atoms with Gasteiger partial charge in [0.25, 0.3) is 5.91 Å². The van der Waals surface area contributed by atoms with E-state index in [1.54, 1.807) is 24.0 Å². The molecular weight excluding hydrogens is 517 g/mol. The van der Waals surface area contributed by atoms with Crippen LogP contribution in [-0.2, 0) is 15.7 Å². The topological polar surface area (TPSA) is 113 Å². The number of benzene rings is 1. The molecule has 2 N–H and O–H groups in total. The average Bonchev–Trinajstić information content (AvgIpc) is 3.27. The Balaban J connectivity index is 1.50. The van der Waals surface area contributed by atoms with Gasteiger partial charge in [-0.05, 0) is 38.1 Å². The number of ether oxygens (including phenoxy) is 2. The minimum atomic E-state index is -4.57. The second kappa shape index (κ2) is 10.8. The van der Waals surface area contributed by atoms with Crippen molar-refractivity contribution in [3.63, 3.8) is 0 Å². The minimum Gasteiger partial charge on any atom is -0.378 e. The third-order valence-electron chi connectivity index (χ3n) is 6.54. The van der Waals surface area contributed by atoms with E-state index in [1.165, 1.54) is 18.3 Å². The Morgan fingerprint density at radius 2 is 1.92 bits per heavy atom. The van der Waals surface area contributed by atoms with Gasteiger partial charge in [0.1, 0.15) is 5.82 Å². The second-order valence-corrected chi connectivity index (χ2v) is 9.32. The number of carbonyl (C=O) groups is 1. The molecule has 3 aromatic rings. The molecule has 4 heterocycles. The van der Waals surface area contributed by atoms with E-state index >= 15 is 0 Å². The van der Waals surface area contributed by atoms with Crippen molar-refractivity contribution in [2.24, 2.45) is 0 Å². The lowest BCUT2D eigenvalue weighted by molar-refractivity contribution is -0.137. The van der Waals surface area contributed by atoms with Crippen molar-refractivity contribution in [2.45, 2.75) is 32.5 Å². The number of amides is 1. The number of anilines is 3. The molecule has 2 aliphatic rings. The molecule has 206 valence electrons. The van der Waals surface area contributed by atoms with Crippen molar-refractivity contribution in [1.29, 1.82) is 0 Å². The van der Waals surface area contributed by atoms with Crippen LogP contribution in [-0.4, -0.2) is 71.3 Å². The molecule has 1 aromatic carbocycles. The number of nitrogens with zero attached hydrogens (tertiary/aromatic N) is 5. The quantitative estimate of drug-likeness (QED) is 0.499. The van der Waals surface area contributed by atoms with Gasteiger partial charge in [-0.15, -0.1) is 0 Å². The SMILES string of the molecule is Cc1ncc(NC(=O)c2cccc(C(F)(F)F)c2)cc1-c1cc(N2CCOCC2)nc(N2C(O)OC[C@@H]2C)n1. The number of alkyl halides is 3. The number of aliphatic hydroxyl groups excluding tert-OH is 1. The maximum Gasteiger partial charge on any atom is 0.416 e. The fourth-order valence-corrected chi connectivity index (χ4v) is 4.43. The Bertz CT molecular complexity index is 1360. The van der Waals surface area contributed by atoms with Crippen LogP contribution in [0.5, 0.6) is 0 Å². The van der Waals surface area contributed by atoms with Gasteiger partial charge >= 0.3 is 6.18 Å². The standard InChI is InChI=1S/C26H27F3N6O4/c1-15-14-39-25(37)35(15)24-32-21(12-22(33-24)34-6-8-38-9-7-34)20-11-19(13-30-16(20)2)31-23(36)17-4-3-5-18(10-17)26(27,28)29/h3-5,10-13,15,25,37H,6-9,14H2,1-2H3,(H,31,36)/t15-,25?/m0/s1. The molecule has 2 atom stereocenters. The summed E-state index contributed by atoms with van der Waals surface area (Å²) < 4.78 is 50.2. The van der Waals surface area contributed by atoms with Crippen molar-refractivity contribution in [3.8, 4) is 11.3 Å². The molecule has 0 aliphatic carbocycles. The smallest absolute Gasteiger partial charge is 0.378 e. The highest BCUT2D eigenvalue weighted by Crippen LogP contribution is 2.32. The lowest BCUT2D eigenvalue weighted by Gasteiger charge is -2.30. The number of halogens is 3. The van der Waals surface area contributed by atoms with Crippen molar-refractivity contribution in [3.05, 3.63) is 59.4 Å². The average molecular weight is 545 g/mol. The first-order valence-corrected chi connectivity index (χ1v) is 12.4. The van der Waals surface area contributed by atoms with E-state index in [4.69, 9.17) is 19.4 Å². The van der Waals surface area contributed by atoms with Crippen molar-refractivity contribution < 1.29 is 32.5 Å². The molecular formula is C26H27F3N6O4. The van der Waals surface area contributed by atoms with Crippen LogP contribution >= 0.6 is 0 Å². The third-order valence-corrected chi connectivity index (χ3v) is 6.54. The van der Waals surface area contributed by atoms with Gasteiger partial charge in [0.05, 0.1) is 49.0 Å². The number of hydrogen-bond acceptors (Lipinski definition) is 9. The Morgan fingerprint density at radius 1 is 1.15 bits per heavy atom. The summed E-state index contributed by atoms with van der Waals surface area (Å²) in [6.45, 7) is 6.29. The minimum absolute atomic E-state index is 0.136. The second-order valence-electron chi connectivity index (χ2n) is 9.32. The highest BCUT2D eigenvalue weighted by atomic mass is 19.4. The zero-order valence-electron chi connectivity index (χ0n) is 21.3. The molecule has 2 aromatic heterocycles.